The van der Waals surface area contributed by atoms with Crippen molar-refractivity contribution in [1.29, 1.82) is 0 Å². The molecule has 3 nitrogen and oxygen atoms in total. The summed E-state index contributed by atoms with van der Waals surface area (Å²) in [6.07, 6.45) is 0. The Balaban J connectivity index is 1.74. The number of pyridine rings is 1. The summed E-state index contributed by atoms with van der Waals surface area (Å²) in [4.78, 5) is 6.74. The number of hydrogen-bond donors (Lipinski definition) is 1. The third-order valence-electron chi connectivity index (χ3n) is 3.99. The predicted octanol–water partition coefficient (Wildman–Crippen LogP) is 2.35. The molecule has 5 heteroatoms. The van der Waals surface area contributed by atoms with Gasteiger partial charge in [-0.3, -0.25) is 4.90 Å². The summed E-state index contributed by atoms with van der Waals surface area (Å²) < 4.78 is 0. The molecular weight excluding hydrogens is 269 g/mol. The molecule has 2 unspecified atom stereocenters. The fourth-order valence-electron chi connectivity index (χ4n) is 3.07. The first-order chi connectivity index (χ1) is 8.63. The molecule has 2 fully saturated rings. The minimum absolute atomic E-state index is 0.551. The van der Waals surface area contributed by atoms with Crippen molar-refractivity contribution in [3.8, 4) is 0 Å². The van der Waals surface area contributed by atoms with E-state index >= 15 is 0 Å². The van der Waals surface area contributed by atoms with E-state index in [0.29, 0.717) is 5.15 Å². The Morgan fingerprint density at radius 1 is 1.33 bits per heavy atom. The van der Waals surface area contributed by atoms with Gasteiger partial charge in [-0.15, -0.1) is 0 Å². The van der Waals surface area contributed by atoms with Gasteiger partial charge in [0, 0.05) is 35.9 Å². The highest BCUT2D eigenvalue weighted by Crippen LogP contribution is 2.31. The van der Waals surface area contributed by atoms with Gasteiger partial charge in [-0.2, -0.15) is 0 Å². The van der Waals surface area contributed by atoms with E-state index < -0.39 is 0 Å². The molecule has 0 aromatic carbocycles. The lowest BCUT2D eigenvalue weighted by molar-refractivity contribution is 0.305. The van der Waals surface area contributed by atoms with Crippen molar-refractivity contribution in [2.45, 2.75) is 13.5 Å². The zero-order valence-corrected chi connectivity index (χ0v) is 11.9. The van der Waals surface area contributed by atoms with Crippen molar-refractivity contribution in [2.24, 2.45) is 11.8 Å². The summed E-state index contributed by atoms with van der Waals surface area (Å²) in [6.45, 7) is 7.30. The van der Waals surface area contributed by atoms with E-state index in [2.05, 4.69) is 15.2 Å². The first-order valence-electron chi connectivity index (χ1n) is 6.38. The van der Waals surface area contributed by atoms with Crippen LogP contribution in [-0.4, -0.2) is 36.1 Å². The largest absolute Gasteiger partial charge is 0.316 e. The number of likely N-dealkylation sites (tertiary alicyclic amines) is 1. The molecule has 3 rings (SSSR count). The van der Waals surface area contributed by atoms with Gasteiger partial charge in [-0.1, -0.05) is 23.2 Å². The first-order valence-corrected chi connectivity index (χ1v) is 7.13. The summed E-state index contributed by atoms with van der Waals surface area (Å²) >= 11 is 12.5. The van der Waals surface area contributed by atoms with E-state index in [1.807, 2.05) is 13.0 Å². The van der Waals surface area contributed by atoms with Crippen LogP contribution in [0.5, 0.6) is 0 Å². The standard InChI is InChI=1S/C13H17Cl2N3/c1-8-2-12(14)11(13(15)17-8)7-18-5-9-3-16-4-10(9)6-18/h2,9-10,16H,3-7H2,1H3. The molecule has 2 aliphatic heterocycles. The molecule has 0 saturated carbocycles. The summed E-state index contributed by atoms with van der Waals surface area (Å²) in [5, 5.41) is 4.74. The Labute approximate surface area is 117 Å². The van der Waals surface area contributed by atoms with Gasteiger partial charge >= 0.3 is 0 Å². The number of rotatable bonds is 2. The van der Waals surface area contributed by atoms with Gasteiger partial charge in [0.1, 0.15) is 5.15 Å². The Morgan fingerprint density at radius 2 is 2.00 bits per heavy atom. The van der Waals surface area contributed by atoms with Crippen LogP contribution in [0.25, 0.3) is 0 Å². The molecule has 1 N–H and O–H groups in total. The Hall–Kier alpha value is -0.350. The predicted molar refractivity (Wildman–Crippen MR) is 74.1 cm³/mol. The maximum atomic E-state index is 6.27. The van der Waals surface area contributed by atoms with Crippen molar-refractivity contribution in [3.05, 3.63) is 27.5 Å². The van der Waals surface area contributed by atoms with Crippen molar-refractivity contribution < 1.29 is 0 Å². The second kappa shape index (κ2) is 4.97. The highest BCUT2D eigenvalue weighted by molar-refractivity contribution is 6.35. The van der Waals surface area contributed by atoms with Crippen LogP contribution in [0.4, 0.5) is 0 Å². The molecule has 2 aliphatic rings. The van der Waals surface area contributed by atoms with Crippen LogP contribution in [0.3, 0.4) is 0 Å². The monoisotopic (exact) mass is 285 g/mol. The lowest BCUT2D eigenvalue weighted by Crippen LogP contribution is -2.25. The summed E-state index contributed by atoms with van der Waals surface area (Å²) in [5.41, 5.74) is 1.84. The van der Waals surface area contributed by atoms with Gasteiger partial charge in [0.05, 0.1) is 0 Å². The van der Waals surface area contributed by atoms with Crippen LogP contribution in [0.1, 0.15) is 11.3 Å². The lowest BCUT2D eigenvalue weighted by Gasteiger charge is -2.18. The summed E-state index contributed by atoms with van der Waals surface area (Å²) in [5.74, 6) is 1.59. The quantitative estimate of drug-likeness (QED) is 0.846. The molecule has 0 amide bonds. The number of nitrogens with one attached hydrogen (secondary N) is 1. The Bertz CT molecular complexity index is 429. The number of nitrogens with zero attached hydrogens (tertiary/aromatic N) is 2. The highest BCUT2D eigenvalue weighted by Gasteiger charge is 2.36. The molecule has 18 heavy (non-hydrogen) atoms. The van der Waals surface area contributed by atoms with E-state index in [1.54, 1.807) is 0 Å². The number of hydrogen-bond acceptors (Lipinski definition) is 3. The number of aryl methyl sites for hydroxylation is 1. The van der Waals surface area contributed by atoms with Crippen molar-refractivity contribution in [1.82, 2.24) is 15.2 Å². The van der Waals surface area contributed by atoms with Gasteiger partial charge in [0.2, 0.25) is 0 Å². The third kappa shape index (κ3) is 2.37. The van der Waals surface area contributed by atoms with Crippen LogP contribution in [-0.2, 0) is 6.54 Å². The molecule has 1 aromatic heterocycles. The zero-order chi connectivity index (χ0) is 12.7. The molecule has 0 spiro atoms. The fraction of sp³-hybridized carbons (Fsp3) is 0.615. The van der Waals surface area contributed by atoms with Crippen molar-refractivity contribution in [2.75, 3.05) is 26.2 Å². The van der Waals surface area contributed by atoms with E-state index in [4.69, 9.17) is 23.2 Å². The van der Waals surface area contributed by atoms with Crippen LogP contribution in [0, 0.1) is 18.8 Å². The van der Waals surface area contributed by atoms with Gasteiger partial charge in [0.25, 0.3) is 0 Å². The molecule has 0 aliphatic carbocycles. The average Bonchev–Trinajstić information content (AvgIpc) is 2.83. The molecule has 98 valence electrons. The van der Waals surface area contributed by atoms with Gasteiger partial charge in [-0.05, 0) is 37.9 Å². The van der Waals surface area contributed by atoms with Crippen molar-refractivity contribution >= 4 is 23.2 Å². The molecule has 3 heterocycles. The molecule has 2 saturated heterocycles. The Kier molecular flexibility index (Phi) is 3.50. The lowest BCUT2D eigenvalue weighted by atomic mass is 10.0. The minimum atomic E-state index is 0.551. The van der Waals surface area contributed by atoms with Gasteiger partial charge < -0.3 is 5.32 Å². The van der Waals surface area contributed by atoms with Crippen LogP contribution in [0.2, 0.25) is 10.2 Å². The second-order valence-electron chi connectivity index (χ2n) is 5.39. The Morgan fingerprint density at radius 3 is 2.61 bits per heavy atom. The smallest absolute Gasteiger partial charge is 0.135 e. The van der Waals surface area contributed by atoms with Gasteiger partial charge in [-0.25, -0.2) is 4.98 Å². The molecule has 2 atom stereocenters. The summed E-state index contributed by atoms with van der Waals surface area (Å²) in [7, 11) is 0. The molecule has 0 bridgehead atoms. The van der Waals surface area contributed by atoms with E-state index in [1.165, 1.54) is 0 Å². The fourth-order valence-corrected chi connectivity index (χ4v) is 3.72. The van der Waals surface area contributed by atoms with E-state index in [9.17, 15) is 0 Å². The van der Waals surface area contributed by atoms with Crippen LogP contribution in [0.15, 0.2) is 6.07 Å². The topological polar surface area (TPSA) is 28.2 Å². The van der Waals surface area contributed by atoms with Crippen molar-refractivity contribution in [3.63, 3.8) is 0 Å². The van der Waals surface area contributed by atoms with Gasteiger partial charge in [0.15, 0.2) is 0 Å². The first kappa shape index (κ1) is 12.7. The maximum absolute atomic E-state index is 6.27. The zero-order valence-electron chi connectivity index (χ0n) is 10.4. The maximum Gasteiger partial charge on any atom is 0.135 e. The molecule has 1 aromatic rings. The van der Waals surface area contributed by atoms with Crippen LogP contribution >= 0.6 is 23.2 Å². The minimum Gasteiger partial charge on any atom is -0.316 e. The van der Waals surface area contributed by atoms with Crippen LogP contribution < -0.4 is 5.32 Å². The third-order valence-corrected chi connectivity index (χ3v) is 4.64. The second-order valence-corrected chi connectivity index (χ2v) is 6.15. The molecular formula is C13H17Cl2N3. The average molecular weight is 286 g/mol. The number of fused-ring (bicyclic) bond motifs is 1. The molecule has 0 radical (unpaired) electrons. The highest BCUT2D eigenvalue weighted by atomic mass is 35.5. The van der Waals surface area contributed by atoms with E-state index in [-0.39, 0.29) is 0 Å². The normalized spacial score (nSPS) is 27.7. The summed E-state index contributed by atoms with van der Waals surface area (Å²) in [6, 6.07) is 1.89. The number of halogens is 2. The van der Waals surface area contributed by atoms with E-state index in [0.717, 1.165) is 60.8 Å². The SMILES string of the molecule is Cc1cc(Cl)c(CN2CC3CNCC3C2)c(Cl)n1. The number of aromatic nitrogens is 1.